The van der Waals surface area contributed by atoms with Crippen molar-refractivity contribution in [2.24, 2.45) is 23.5 Å². The predicted molar refractivity (Wildman–Crippen MR) is 112 cm³/mol. The topological polar surface area (TPSA) is 142 Å². The summed E-state index contributed by atoms with van der Waals surface area (Å²) in [5.74, 6) is -4.36. The van der Waals surface area contributed by atoms with Crippen molar-refractivity contribution in [1.82, 2.24) is 0 Å². The van der Waals surface area contributed by atoms with Crippen LogP contribution in [0.2, 0.25) is 0 Å². The van der Waals surface area contributed by atoms with E-state index in [2.05, 4.69) is 0 Å². The molecule has 0 saturated carbocycles. The first-order valence-corrected chi connectivity index (χ1v) is 10.0. The highest BCUT2D eigenvalue weighted by Gasteiger charge is 2.33. The highest BCUT2D eigenvalue weighted by Crippen LogP contribution is 2.36. The summed E-state index contributed by atoms with van der Waals surface area (Å²) in [6.45, 7) is 9.62. The average Bonchev–Trinajstić information content (AvgIpc) is 2.66. The van der Waals surface area contributed by atoms with Gasteiger partial charge in [-0.25, -0.2) is 0 Å². The Bertz CT molecular complexity index is 820. The van der Waals surface area contributed by atoms with Gasteiger partial charge < -0.3 is 25.1 Å². The second kappa shape index (κ2) is 11.5. The molecular weight excluding hydrogens is 406 g/mol. The van der Waals surface area contributed by atoms with E-state index in [1.165, 1.54) is 32.0 Å². The number of carbonyl (C=O) groups is 4. The van der Waals surface area contributed by atoms with E-state index in [0.29, 0.717) is 5.56 Å². The van der Waals surface area contributed by atoms with Crippen molar-refractivity contribution in [3.8, 4) is 11.5 Å². The van der Waals surface area contributed by atoms with Gasteiger partial charge in [0.1, 0.15) is 6.04 Å². The number of hydrogen-bond acceptors (Lipinski definition) is 8. The fraction of sp³-hybridized carbons (Fsp3) is 0.545. The minimum absolute atomic E-state index is 0.0129. The fourth-order valence-electron chi connectivity index (χ4n) is 2.97. The number of hydrogen-bond donors (Lipinski definition) is 2. The Morgan fingerprint density at radius 3 is 2.00 bits per heavy atom. The van der Waals surface area contributed by atoms with Crippen LogP contribution in [0.15, 0.2) is 18.2 Å². The second-order valence-corrected chi connectivity index (χ2v) is 7.92. The quantitative estimate of drug-likeness (QED) is 0.417. The van der Waals surface area contributed by atoms with Crippen LogP contribution < -0.4 is 15.2 Å². The van der Waals surface area contributed by atoms with Gasteiger partial charge in [-0.15, -0.1) is 0 Å². The number of nitrogens with two attached hydrogens (primary N) is 1. The number of esters is 3. The van der Waals surface area contributed by atoms with Gasteiger partial charge in [0.15, 0.2) is 11.5 Å². The Hall–Kier alpha value is -2.94. The summed E-state index contributed by atoms with van der Waals surface area (Å²) in [5, 5.41) is 9.50. The molecule has 0 spiro atoms. The lowest BCUT2D eigenvalue weighted by Gasteiger charge is -2.28. The Balaban J connectivity index is 3.25. The van der Waals surface area contributed by atoms with E-state index in [4.69, 9.17) is 19.9 Å². The minimum atomic E-state index is -1.32. The largest absolute Gasteiger partial charge is 0.480 e. The first-order chi connectivity index (χ1) is 14.3. The lowest BCUT2D eigenvalue weighted by atomic mass is 9.82. The SMILES string of the molecule is CC(=O)Oc1ccc(C(C(C)COC(=O)C(C)C(C)C)[C@H](N)C(=O)O)cc1OC(C)=O. The first kappa shape index (κ1) is 26.1. The zero-order valence-electron chi connectivity index (χ0n) is 18.7. The van der Waals surface area contributed by atoms with Gasteiger partial charge in [0, 0.05) is 19.8 Å². The first-order valence-electron chi connectivity index (χ1n) is 10.0. The van der Waals surface area contributed by atoms with Crippen molar-refractivity contribution in [2.75, 3.05) is 6.61 Å². The lowest BCUT2D eigenvalue weighted by molar-refractivity contribution is -0.151. The molecule has 0 aliphatic heterocycles. The zero-order chi connectivity index (χ0) is 23.9. The molecule has 4 atom stereocenters. The number of rotatable bonds is 10. The predicted octanol–water partition coefficient (Wildman–Crippen LogP) is 2.50. The molecule has 1 aromatic rings. The molecule has 9 heteroatoms. The molecule has 0 aromatic heterocycles. The maximum absolute atomic E-state index is 12.2. The van der Waals surface area contributed by atoms with E-state index in [0.717, 1.165) is 0 Å². The maximum atomic E-state index is 12.2. The second-order valence-electron chi connectivity index (χ2n) is 7.92. The average molecular weight is 437 g/mol. The van der Waals surface area contributed by atoms with E-state index >= 15 is 0 Å². The third-order valence-electron chi connectivity index (χ3n) is 5.01. The van der Waals surface area contributed by atoms with E-state index < -0.39 is 35.8 Å². The summed E-state index contributed by atoms with van der Waals surface area (Å²) in [6.07, 6.45) is 0. The van der Waals surface area contributed by atoms with Gasteiger partial charge in [-0.2, -0.15) is 0 Å². The number of ether oxygens (including phenoxy) is 3. The summed E-state index contributed by atoms with van der Waals surface area (Å²) in [6, 6.07) is 3.02. The van der Waals surface area contributed by atoms with Gasteiger partial charge in [-0.1, -0.05) is 33.8 Å². The molecule has 1 rings (SSSR count). The van der Waals surface area contributed by atoms with Crippen LogP contribution in [-0.4, -0.2) is 41.6 Å². The normalized spacial score (nSPS) is 14.8. The van der Waals surface area contributed by atoms with Crippen molar-refractivity contribution >= 4 is 23.9 Å². The van der Waals surface area contributed by atoms with Gasteiger partial charge in [0.2, 0.25) is 0 Å². The lowest BCUT2D eigenvalue weighted by Crippen LogP contribution is -2.41. The number of carbonyl (C=O) groups excluding carboxylic acids is 3. The van der Waals surface area contributed by atoms with Gasteiger partial charge >= 0.3 is 23.9 Å². The molecule has 0 bridgehead atoms. The molecule has 0 heterocycles. The third-order valence-corrected chi connectivity index (χ3v) is 5.01. The van der Waals surface area contributed by atoms with Crippen LogP contribution in [0, 0.1) is 17.8 Å². The van der Waals surface area contributed by atoms with Crippen LogP contribution >= 0.6 is 0 Å². The highest BCUT2D eigenvalue weighted by molar-refractivity contribution is 5.76. The van der Waals surface area contributed by atoms with E-state index in [1.807, 2.05) is 13.8 Å². The summed E-state index contributed by atoms with van der Waals surface area (Å²) in [5.41, 5.74) is 6.38. The van der Waals surface area contributed by atoms with Gasteiger partial charge in [0.05, 0.1) is 12.5 Å². The van der Waals surface area contributed by atoms with E-state index in [-0.39, 0.29) is 35.9 Å². The molecule has 172 valence electrons. The maximum Gasteiger partial charge on any atom is 0.321 e. The van der Waals surface area contributed by atoms with Gasteiger partial charge in [-0.3, -0.25) is 19.2 Å². The van der Waals surface area contributed by atoms with Crippen LogP contribution in [0.1, 0.15) is 53.0 Å². The molecule has 31 heavy (non-hydrogen) atoms. The molecule has 0 aliphatic carbocycles. The Labute approximate surface area is 181 Å². The highest BCUT2D eigenvalue weighted by atomic mass is 16.6. The number of benzene rings is 1. The van der Waals surface area contributed by atoms with Gasteiger partial charge in [-0.05, 0) is 29.5 Å². The van der Waals surface area contributed by atoms with E-state index in [1.54, 1.807) is 13.8 Å². The van der Waals surface area contributed by atoms with Crippen molar-refractivity contribution < 1.29 is 38.5 Å². The monoisotopic (exact) mass is 437 g/mol. The Morgan fingerprint density at radius 2 is 1.52 bits per heavy atom. The smallest absolute Gasteiger partial charge is 0.321 e. The minimum Gasteiger partial charge on any atom is -0.480 e. The third kappa shape index (κ3) is 7.67. The molecule has 0 aliphatic rings. The van der Waals surface area contributed by atoms with Crippen molar-refractivity contribution in [3.05, 3.63) is 23.8 Å². The summed E-state index contributed by atoms with van der Waals surface area (Å²) in [7, 11) is 0. The van der Waals surface area contributed by atoms with Crippen LogP contribution in [0.5, 0.6) is 11.5 Å². The fourth-order valence-corrected chi connectivity index (χ4v) is 2.97. The molecular formula is C22H31NO8. The molecule has 3 N–H and O–H groups in total. The summed E-state index contributed by atoms with van der Waals surface area (Å²) >= 11 is 0. The zero-order valence-corrected chi connectivity index (χ0v) is 18.7. The standard InChI is InChI=1S/C22H31NO8/c1-11(2)13(4)22(28)29-10-12(3)19(20(23)21(26)27)16-7-8-17(30-14(5)24)18(9-16)31-15(6)25/h7-9,11-13,19-20H,10,23H2,1-6H3,(H,26,27)/t12?,13?,19?,20-/m0/s1. The number of aliphatic carboxylic acids is 1. The van der Waals surface area contributed by atoms with Crippen molar-refractivity contribution in [2.45, 2.75) is 53.5 Å². The molecule has 0 fully saturated rings. The van der Waals surface area contributed by atoms with Crippen LogP contribution in [-0.2, 0) is 23.9 Å². The number of carboxylic acids is 1. The van der Waals surface area contributed by atoms with Crippen LogP contribution in [0.25, 0.3) is 0 Å². The van der Waals surface area contributed by atoms with Gasteiger partial charge in [0.25, 0.3) is 0 Å². The summed E-state index contributed by atoms with van der Waals surface area (Å²) in [4.78, 5) is 46.6. The van der Waals surface area contributed by atoms with Crippen LogP contribution in [0.4, 0.5) is 0 Å². The van der Waals surface area contributed by atoms with Crippen LogP contribution in [0.3, 0.4) is 0 Å². The summed E-state index contributed by atoms with van der Waals surface area (Å²) < 4.78 is 15.6. The molecule has 0 saturated heterocycles. The molecule has 3 unspecified atom stereocenters. The molecule has 0 radical (unpaired) electrons. The number of carboxylic acid groups (broad SMARTS) is 1. The van der Waals surface area contributed by atoms with E-state index in [9.17, 15) is 24.3 Å². The van der Waals surface area contributed by atoms with Crippen molar-refractivity contribution in [1.29, 1.82) is 0 Å². The Morgan fingerprint density at radius 1 is 0.968 bits per heavy atom. The van der Waals surface area contributed by atoms with Crippen molar-refractivity contribution in [3.63, 3.8) is 0 Å². The molecule has 1 aromatic carbocycles. The Kier molecular flexibility index (Phi) is 9.64. The molecule has 0 amide bonds. The molecule has 9 nitrogen and oxygen atoms in total.